The van der Waals surface area contributed by atoms with Crippen molar-refractivity contribution in [2.45, 2.75) is 20.8 Å². The Balaban J connectivity index is 1.81. The van der Waals surface area contributed by atoms with Crippen LogP contribution in [0.5, 0.6) is 0 Å². The van der Waals surface area contributed by atoms with Gasteiger partial charge in [-0.3, -0.25) is 5.43 Å². The van der Waals surface area contributed by atoms with Gasteiger partial charge in [-0.25, -0.2) is 9.78 Å². The summed E-state index contributed by atoms with van der Waals surface area (Å²) >= 11 is 1.21. The second-order valence-corrected chi connectivity index (χ2v) is 8.01. The highest BCUT2D eigenvalue weighted by Gasteiger charge is 2.15. The number of esters is 1. The third-order valence-corrected chi connectivity index (χ3v) is 5.72. The highest BCUT2D eigenvalue weighted by atomic mass is 32.1. The van der Waals surface area contributed by atoms with E-state index in [4.69, 9.17) is 9.15 Å². The highest BCUT2D eigenvalue weighted by Crippen LogP contribution is 2.25. The number of carbonyl (C=O) groups excluding carboxylic acids is 1. The summed E-state index contributed by atoms with van der Waals surface area (Å²) in [6.07, 6.45) is 0. The molecule has 7 heteroatoms. The van der Waals surface area contributed by atoms with Crippen LogP contribution in [-0.4, -0.2) is 18.1 Å². The number of fused-ring (bicyclic) bond motifs is 1. The molecule has 30 heavy (non-hydrogen) atoms. The topological polar surface area (TPSA) is 76.7 Å². The Morgan fingerprint density at radius 3 is 2.53 bits per heavy atom. The van der Waals surface area contributed by atoms with E-state index < -0.39 is 5.97 Å². The average Bonchev–Trinajstić information content (AvgIpc) is 3.12. The molecular formula is C23H21N3O3S. The molecule has 6 nitrogen and oxygen atoms in total. The molecule has 0 spiro atoms. The second kappa shape index (κ2) is 8.12. The Morgan fingerprint density at radius 2 is 1.80 bits per heavy atom. The molecule has 0 aliphatic heterocycles. The normalized spacial score (nSPS) is 11.7. The van der Waals surface area contributed by atoms with Crippen molar-refractivity contribution in [2.24, 2.45) is 5.10 Å². The molecule has 0 atom stereocenters. The summed E-state index contributed by atoms with van der Waals surface area (Å²) in [6.45, 7) is 5.84. The summed E-state index contributed by atoms with van der Waals surface area (Å²) < 4.78 is 11.0. The van der Waals surface area contributed by atoms with Gasteiger partial charge in [0.25, 0.3) is 0 Å². The van der Waals surface area contributed by atoms with Gasteiger partial charge in [0.1, 0.15) is 16.2 Å². The monoisotopic (exact) mass is 419 g/mol. The van der Waals surface area contributed by atoms with E-state index >= 15 is 0 Å². The quantitative estimate of drug-likeness (QED) is 0.364. The minimum atomic E-state index is -0.404. The zero-order chi connectivity index (χ0) is 21.3. The molecule has 2 aromatic carbocycles. The number of aromatic nitrogens is 1. The summed E-state index contributed by atoms with van der Waals surface area (Å²) in [5.41, 5.74) is 7.59. The summed E-state index contributed by atoms with van der Waals surface area (Å²) in [4.78, 5) is 16.7. The van der Waals surface area contributed by atoms with Gasteiger partial charge in [-0.15, -0.1) is 0 Å². The van der Waals surface area contributed by atoms with Crippen LogP contribution in [0.2, 0.25) is 0 Å². The van der Waals surface area contributed by atoms with E-state index in [0.29, 0.717) is 15.7 Å². The van der Waals surface area contributed by atoms with Crippen molar-refractivity contribution < 1.29 is 13.9 Å². The number of rotatable bonds is 4. The summed E-state index contributed by atoms with van der Waals surface area (Å²) in [5.74, 6) is 0.318. The van der Waals surface area contributed by atoms with Crippen LogP contribution in [0.1, 0.15) is 26.5 Å². The molecule has 0 radical (unpaired) electrons. The van der Waals surface area contributed by atoms with Gasteiger partial charge in [-0.2, -0.15) is 5.10 Å². The molecule has 152 valence electrons. The number of benzene rings is 2. The zero-order valence-corrected chi connectivity index (χ0v) is 18.0. The predicted molar refractivity (Wildman–Crippen MR) is 119 cm³/mol. The van der Waals surface area contributed by atoms with Gasteiger partial charge in [-0.05, 0) is 38.5 Å². The number of aryl methyl sites for hydroxylation is 3. The van der Waals surface area contributed by atoms with Crippen LogP contribution in [0.4, 0.5) is 5.13 Å². The first kappa shape index (κ1) is 19.8. The summed E-state index contributed by atoms with van der Waals surface area (Å²) in [5, 5.41) is 6.68. The van der Waals surface area contributed by atoms with Gasteiger partial charge in [-0.1, -0.05) is 47.2 Å². The van der Waals surface area contributed by atoms with E-state index in [-0.39, 0.29) is 0 Å². The first-order valence-corrected chi connectivity index (χ1v) is 10.2. The lowest BCUT2D eigenvalue weighted by Crippen LogP contribution is -2.07. The Kier molecular flexibility index (Phi) is 5.37. The van der Waals surface area contributed by atoms with Gasteiger partial charge in [0.15, 0.2) is 0 Å². The lowest BCUT2D eigenvalue weighted by Gasteiger charge is -2.06. The van der Waals surface area contributed by atoms with Crippen molar-refractivity contribution in [3.05, 3.63) is 75.6 Å². The molecule has 0 aliphatic rings. The lowest BCUT2D eigenvalue weighted by molar-refractivity contribution is 0.0605. The molecule has 0 unspecified atom stereocenters. The number of anilines is 1. The minimum Gasteiger partial charge on any atom is -0.465 e. The number of carbonyl (C=O) groups is 1. The van der Waals surface area contributed by atoms with Gasteiger partial charge < -0.3 is 9.15 Å². The maximum absolute atomic E-state index is 11.8. The molecule has 2 heterocycles. The predicted octanol–water partition coefficient (Wildman–Crippen LogP) is 5.20. The van der Waals surface area contributed by atoms with E-state index in [1.807, 2.05) is 62.4 Å². The summed E-state index contributed by atoms with van der Waals surface area (Å²) in [6, 6.07) is 16.1. The van der Waals surface area contributed by atoms with E-state index in [2.05, 4.69) is 15.5 Å². The lowest BCUT2D eigenvalue weighted by atomic mass is 10.1. The highest BCUT2D eigenvalue weighted by molar-refractivity contribution is 7.17. The van der Waals surface area contributed by atoms with Gasteiger partial charge in [0, 0.05) is 17.0 Å². The number of nitrogens with one attached hydrogen (secondary N) is 1. The number of methoxy groups -OCH3 is 1. The molecule has 0 saturated carbocycles. The maximum Gasteiger partial charge on any atom is 0.350 e. The Bertz CT molecular complexity index is 1300. The number of hydrogen-bond acceptors (Lipinski definition) is 7. The van der Waals surface area contributed by atoms with Crippen molar-refractivity contribution in [3.8, 4) is 11.3 Å². The van der Waals surface area contributed by atoms with Crippen molar-refractivity contribution in [1.29, 1.82) is 0 Å². The fraction of sp³-hybridized carbons (Fsp3) is 0.174. The molecule has 0 fully saturated rings. The third-order valence-electron chi connectivity index (χ3n) is 4.68. The smallest absolute Gasteiger partial charge is 0.350 e. The van der Waals surface area contributed by atoms with Crippen molar-refractivity contribution in [1.82, 2.24) is 4.98 Å². The van der Waals surface area contributed by atoms with Crippen molar-refractivity contribution >= 4 is 33.4 Å². The van der Waals surface area contributed by atoms with Crippen LogP contribution < -0.4 is 10.8 Å². The standard InChI is InChI=1S/C23H21N3O3S/c1-13-5-8-16(9-6-13)19-12-18(17-10-7-14(2)11-20(17)29-19)25-26-23-24-15(3)21(30-23)22(27)28-4/h5-12H,1-4H3,(H,24,26)/b25-18-. The molecule has 0 bridgehead atoms. The van der Waals surface area contributed by atoms with Crippen molar-refractivity contribution in [3.63, 3.8) is 0 Å². The first-order valence-electron chi connectivity index (χ1n) is 9.41. The molecule has 0 aliphatic carbocycles. The second-order valence-electron chi connectivity index (χ2n) is 7.01. The van der Waals surface area contributed by atoms with Gasteiger partial charge >= 0.3 is 5.97 Å². The van der Waals surface area contributed by atoms with E-state index in [1.54, 1.807) is 6.92 Å². The molecule has 2 aromatic heterocycles. The van der Waals surface area contributed by atoms with Crippen LogP contribution in [0.15, 0.2) is 58.0 Å². The molecular weight excluding hydrogens is 398 g/mol. The van der Waals surface area contributed by atoms with Gasteiger partial charge in [0.2, 0.25) is 5.13 Å². The maximum atomic E-state index is 11.8. The number of nitrogens with zero attached hydrogens (tertiary/aromatic N) is 2. The Hall–Kier alpha value is -3.45. The molecule has 4 aromatic rings. The average molecular weight is 420 g/mol. The SMILES string of the molecule is COC(=O)c1sc(N/N=c2/cc(-c3ccc(C)cc3)oc3cc(C)ccc23)nc1C. The number of thiazole rings is 1. The minimum absolute atomic E-state index is 0.404. The van der Waals surface area contributed by atoms with E-state index in [0.717, 1.165) is 33.2 Å². The molecule has 4 rings (SSSR count). The molecule has 0 saturated heterocycles. The van der Waals surface area contributed by atoms with Crippen LogP contribution in [0, 0.1) is 20.8 Å². The molecule has 0 amide bonds. The number of ether oxygens (including phenoxy) is 1. The fourth-order valence-corrected chi connectivity index (χ4v) is 3.89. The van der Waals surface area contributed by atoms with E-state index in [1.165, 1.54) is 24.0 Å². The number of hydrogen-bond donors (Lipinski definition) is 1. The zero-order valence-electron chi connectivity index (χ0n) is 17.1. The summed E-state index contributed by atoms with van der Waals surface area (Å²) in [7, 11) is 1.35. The third kappa shape index (κ3) is 3.97. The van der Waals surface area contributed by atoms with Crippen LogP contribution in [0.3, 0.4) is 0 Å². The van der Waals surface area contributed by atoms with Crippen LogP contribution in [-0.2, 0) is 4.74 Å². The van der Waals surface area contributed by atoms with E-state index in [9.17, 15) is 4.79 Å². The van der Waals surface area contributed by atoms with Crippen LogP contribution >= 0.6 is 11.3 Å². The largest absolute Gasteiger partial charge is 0.465 e. The van der Waals surface area contributed by atoms with Crippen LogP contribution in [0.25, 0.3) is 22.3 Å². The Morgan fingerprint density at radius 1 is 1.07 bits per heavy atom. The van der Waals surface area contributed by atoms with Crippen molar-refractivity contribution in [2.75, 3.05) is 12.5 Å². The van der Waals surface area contributed by atoms with Gasteiger partial charge in [0.05, 0.1) is 18.2 Å². The first-order chi connectivity index (χ1) is 14.4. The fourth-order valence-electron chi connectivity index (χ4n) is 3.06. The molecule has 1 N–H and O–H groups in total. The Labute approximate surface area is 177 Å².